The van der Waals surface area contributed by atoms with Gasteiger partial charge in [0.25, 0.3) is 5.56 Å². The zero-order valence-corrected chi connectivity index (χ0v) is 20.4. The van der Waals surface area contributed by atoms with Gasteiger partial charge in [0.15, 0.2) is 5.65 Å². The fraction of sp³-hybridized carbons (Fsp3) is 0.370. The van der Waals surface area contributed by atoms with Crippen LogP contribution in [0.4, 0.5) is 17.6 Å². The van der Waals surface area contributed by atoms with Crippen molar-refractivity contribution in [3.63, 3.8) is 0 Å². The Morgan fingerprint density at radius 2 is 1.76 bits per heavy atom. The van der Waals surface area contributed by atoms with Crippen LogP contribution < -0.4 is 5.56 Å². The van der Waals surface area contributed by atoms with Crippen molar-refractivity contribution in [3.05, 3.63) is 92.8 Å². The van der Waals surface area contributed by atoms with Crippen molar-refractivity contribution >= 4 is 11.2 Å². The maximum atomic E-state index is 14.5. The molecule has 0 radical (unpaired) electrons. The van der Waals surface area contributed by atoms with Crippen molar-refractivity contribution in [2.24, 2.45) is 0 Å². The van der Waals surface area contributed by atoms with Crippen molar-refractivity contribution in [1.82, 2.24) is 24.5 Å². The average Bonchev–Trinajstić information content (AvgIpc) is 2.86. The number of nitrogens with zero attached hydrogens (tertiary/aromatic N) is 5. The number of rotatable bonds is 4. The van der Waals surface area contributed by atoms with E-state index in [2.05, 4.69) is 19.9 Å². The van der Waals surface area contributed by atoms with E-state index >= 15 is 0 Å². The Balaban J connectivity index is 1.53. The summed E-state index contributed by atoms with van der Waals surface area (Å²) in [6, 6.07) is 3.88. The summed E-state index contributed by atoms with van der Waals surface area (Å²) in [6.45, 7) is 3.17. The van der Waals surface area contributed by atoms with Gasteiger partial charge in [-0.25, -0.2) is 9.37 Å². The molecular weight excluding hydrogens is 486 g/mol. The first-order valence-electron chi connectivity index (χ1n) is 12.1. The highest BCUT2D eigenvalue weighted by Gasteiger charge is 2.34. The van der Waals surface area contributed by atoms with E-state index in [1.807, 2.05) is 6.92 Å². The summed E-state index contributed by atoms with van der Waals surface area (Å²) in [6.07, 6.45) is 3.76. The molecule has 1 aliphatic rings. The van der Waals surface area contributed by atoms with Crippen LogP contribution in [0.25, 0.3) is 11.2 Å². The normalized spacial score (nSPS) is 18.3. The summed E-state index contributed by atoms with van der Waals surface area (Å²) >= 11 is 0. The molecule has 6 nitrogen and oxygen atoms in total. The third-order valence-electron chi connectivity index (χ3n) is 7.16. The van der Waals surface area contributed by atoms with E-state index in [4.69, 9.17) is 0 Å². The number of hydrogen-bond acceptors (Lipinski definition) is 5. The first-order chi connectivity index (χ1) is 17.6. The van der Waals surface area contributed by atoms with E-state index in [-0.39, 0.29) is 35.5 Å². The highest BCUT2D eigenvalue weighted by molar-refractivity contribution is 5.71. The Hall–Kier alpha value is -3.69. The van der Waals surface area contributed by atoms with Crippen LogP contribution in [0.1, 0.15) is 71.2 Å². The summed E-state index contributed by atoms with van der Waals surface area (Å²) < 4.78 is 56.7. The molecular formula is C27H25F4N5O. The molecule has 4 aromatic heterocycles. The molecule has 1 saturated carbocycles. The summed E-state index contributed by atoms with van der Waals surface area (Å²) in [4.78, 5) is 30.4. The standard InChI is InChI=1S/C27H25F4N5O/c1-15-11-32-13-21(28)24(15)18-7-5-17(6-8-18)19-10-22-25(35-16(2)12-34-22)36(26(19)37)14-23-20(27(29,30)31)4-3-9-33-23/h3-4,9-13,17-18H,5-8,14H2,1-2H3/t17-,18-. The zero-order valence-electron chi connectivity index (χ0n) is 20.4. The van der Waals surface area contributed by atoms with Gasteiger partial charge in [-0.15, -0.1) is 0 Å². The molecule has 4 heterocycles. The number of aryl methyl sites for hydroxylation is 2. The molecule has 0 spiro atoms. The third-order valence-corrected chi connectivity index (χ3v) is 7.16. The SMILES string of the molecule is Cc1cnc2cc([C@H]3CC[C@H](c4c(C)cncc4F)CC3)c(=O)n(Cc3ncccc3C(F)(F)F)c2n1. The Bertz CT molecular complexity index is 1500. The zero-order chi connectivity index (χ0) is 26.3. The van der Waals surface area contributed by atoms with E-state index in [9.17, 15) is 22.4 Å². The minimum absolute atomic E-state index is 0.0206. The van der Waals surface area contributed by atoms with Crippen molar-refractivity contribution in [2.45, 2.75) is 64.1 Å². The van der Waals surface area contributed by atoms with E-state index in [1.54, 1.807) is 25.4 Å². The predicted octanol–water partition coefficient (Wildman–Crippen LogP) is 5.85. The molecule has 1 aliphatic carbocycles. The second-order valence-corrected chi connectivity index (χ2v) is 9.61. The fourth-order valence-corrected chi connectivity index (χ4v) is 5.40. The van der Waals surface area contributed by atoms with Gasteiger partial charge in [-0.05, 0) is 80.7 Å². The third kappa shape index (κ3) is 4.84. The Morgan fingerprint density at radius 1 is 1.03 bits per heavy atom. The van der Waals surface area contributed by atoms with Gasteiger partial charge < -0.3 is 0 Å². The maximum Gasteiger partial charge on any atom is 0.418 e. The molecule has 4 aromatic rings. The first-order valence-corrected chi connectivity index (χ1v) is 12.1. The summed E-state index contributed by atoms with van der Waals surface area (Å²) in [7, 11) is 0. The van der Waals surface area contributed by atoms with Crippen molar-refractivity contribution < 1.29 is 17.6 Å². The molecule has 5 rings (SSSR count). The van der Waals surface area contributed by atoms with Crippen LogP contribution in [0.5, 0.6) is 0 Å². The topological polar surface area (TPSA) is 73.6 Å². The molecule has 0 unspecified atom stereocenters. The molecule has 0 aromatic carbocycles. The molecule has 0 bridgehead atoms. The molecule has 0 atom stereocenters. The first kappa shape index (κ1) is 25.0. The van der Waals surface area contributed by atoms with E-state index in [0.717, 1.165) is 11.6 Å². The second-order valence-electron chi connectivity index (χ2n) is 9.61. The smallest absolute Gasteiger partial charge is 0.285 e. The number of alkyl halides is 3. The Labute approximate surface area is 210 Å². The van der Waals surface area contributed by atoms with Gasteiger partial charge in [0.2, 0.25) is 0 Å². The van der Waals surface area contributed by atoms with Gasteiger partial charge in [-0.2, -0.15) is 13.2 Å². The van der Waals surface area contributed by atoms with Gasteiger partial charge in [0.05, 0.1) is 29.7 Å². The lowest BCUT2D eigenvalue weighted by molar-refractivity contribution is -0.138. The van der Waals surface area contributed by atoms with Gasteiger partial charge in [0.1, 0.15) is 11.3 Å². The maximum absolute atomic E-state index is 14.5. The Kier molecular flexibility index (Phi) is 6.51. The van der Waals surface area contributed by atoms with Crippen LogP contribution in [-0.2, 0) is 12.7 Å². The summed E-state index contributed by atoms with van der Waals surface area (Å²) in [5.41, 5.74) is 1.60. The van der Waals surface area contributed by atoms with E-state index in [0.29, 0.717) is 48.0 Å². The van der Waals surface area contributed by atoms with Crippen LogP contribution in [0.15, 0.2) is 47.8 Å². The molecule has 0 aliphatic heterocycles. The predicted molar refractivity (Wildman–Crippen MR) is 130 cm³/mol. The quantitative estimate of drug-likeness (QED) is 0.322. The lowest BCUT2D eigenvalue weighted by Crippen LogP contribution is -2.29. The number of fused-ring (bicyclic) bond motifs is 1. The monoisotopic (exact) mass is 511 g/mol. The van der Waals surface area contributed by atoms with Crippen LogP contribution in [0, 0.1) is 19.7 Å². The van der Waals surface area contributed by atoms with Crippen molar-refractivity contribution in [3.8, 4) is 0 Å². The molecule has 37 heavy (non-hydrogen) atoms. The lowest BCUT2D eigenvalue weighted by atomic mass is 9.75. The number of pyridine rings is 3. The second kappa shape index (κ2) is 9.64. The molecule has 1 fully saturated rings. The lowest BCUT2D eigenvalue weighted by Gasteiger charge is -2.30. The number of aromatic nitrogens is 5. The van der Waals surface area contributed by atoms with Gasteiger partial charge >= 0.3 is 6.18 Å². The van der Waals surface area contributed by atoms with Crippen LogP contribution >= 0.6 is 0 Å². The highest BCUT2D eigenvalue weighted by atomic mass is 19.4. The van der Waals surface area contributed by atoms with Crippen molar-refractivity contribution in [2.75, 3.05) is 0 Å². The fourth-order valence-electron chi connectivity index (χ4n) is 5.40. The van der Waals surface area contributed by atoms with Crippen LogP contribution in [-0.4, -0.2) is 24.5 Å². The van der Waals surface area contributed by atoms with Crippen LogP contribution in [0.3, 0.4) is 0 Å². The van der Waals surface area contributed by atoms with Gasteiger partial charge in [0, 0.05) is 24.2 Å². The van der Waals surface area contributed by atoms with E-state index < -0.39 is 17.3 Å². The van der Waals surface area contributed by atoms with Crippen LogP contribution in [0.2, 0.25) is 0 Å². The highest BCUT2D eigenvalue weighted by Crippen LogP contribution is 2.41. The van der Waals surface area contributed by atoms with E-state index in [1.165, 1.54) is 23.0 Å². The minimum Gasteiger partial charge on any atom is -0.285 e. The molecule has 0 saturated heterocycles. The van der Waals surface area contributed by atoms with Gasteiger partial charge in [-0.3, -0.25) is 24.3 Å². The number of halogens is 4. The molecule has 10 heteroatoms. The largest absolute Gasteiger partial charge is 0.418 e. The molecule has 192 valence electrons. The minimum atomic E-state index is -4.61. The van der Waals surface area contributed by atoms with Crippen molar-refractivity contribution in [1.29, 1.82) is 0 Å². The average molecular weight is 512 g/mol. The summed E-state index contributed by atoms with van der Waals surface area (Å²) in [5.74, 6) is -0.427. The van der Waals surface area contributed by atoms with Gasteiger partial charge in [-0.1, -0.05) is 0 Å². The molecule has 0 N–H and O–H groups in total. The Morgan fingerprint density at radius 3 is 2.46 bits per heavy atom. The number of hydrogen-bond donors (Lipinski definition) is 0. The molecule has 0 amide bonds. The summed E-state index contributed by atoms with van der Waals surface area (Å²) in [5, 5.41) is 0.